The lowest BCUT2D eigenvalue weighted by Gasteiger charge is -2.11. The fraction of sp³-hybridized carbons (Fsp3) is 0.192. The van der Waals surface area contributed by atoms with E-state index in [1.165, 1.54) is 0 Å². The van der Waals surface area contributed by atoms with Gasteiger partial charge in [0.15, 0.2) is 5.78 Å². The first-order valence-electron chi connectivity index (χ1n) is 10.2. The summed E-state index contributed by atoms with van der Waals surface area (Å²) in [5.74, 6) is 0.0278. The number of pyridine rings is 1. The zero-order valence-electron chi connectivity index (χ0n) is 17.5. The van der Waals surface area contributed by atoms with Crippen LogP contribution in [0.15, 0.2) is 83.7 Å². The van der Waals surface area contributed by atoms with Gasteiger partial charge in [0.1, 0.15) is 5.69 Å². The van der Waals surface area contributed by atoms with Gasteiger partial charge < -0.3 is 9.88 Å². The second-order valence-electron chi connectivity index (χ2n) is 7.34. The SMILES string of the molecule is Cc1ccc(NCC(=O)Cc2ccccc2)c(=O)n1C/C=C/Cc1ccc(C#N)cc1. The number of ketones is 1. The quantitative estimate of drug-likeness (QED) is 0.539. The molecular formula is C26H25N3O2. The second kappa shape index (κ2) is 10.7. The Morgan fingerprint density at radius 3 is 2.45 bits per heavy atom. The monoisotopic (exact) mass is 411 g/mol. The van der Waals surface area contributed by atoms with Crippen LogP contribution >= 0.6 is 0 Å². The summed E-state index contributed by atoms with van der Waals surface area (Å²) in [7, 11) is 0. The van der Waals surface area contributed by atoms with Crippen LogP contribution in [-0.4, -0.2) is 16.9 Å². The number of rotatable bonds is 9. The number of carbonyl (C=O) groups excluding carboxylic acids is 1. The summed E-state index contributed by atoms with van der Waals surface area (Å²) in [5.41, 5.74) is 3.84. The van der Waals surface area contributed by atoms with Crippen LogP contribution in [0.4, 0.5) is 5.69 Å². The third-order valence-corrected chi connectivity index (χ3v) is 5.00. The predicted molar refractivity (Wildman–Crippen MR) is 123 cm³/mol. The molecule has 0 fully saturated rings. The molecule has 0 unspecified atom stereocenters. The number of nitriles is 1. The van der Waals surface area contributed by atoms with Crippen LogP contribution in [0.3, 0.4) is 0 Å². The lowest BCUT2D eigenvalue weighted by Crippen LogP contribution is -2.27. The van der Waals surface area contributed by atoms with E-state index in [-0.39, 0.29) is 17.9 Å². The van der Waals surface area contributed by atoms with Crippen LogP contribution in [0, 0.1) is 18.3 Å². The average Bonchev–Trinajstić information content (AvgIpc) is 2.79. The van der Waals surface area contributed by atoms with E-state index in [1.807, 2.05) is 67.6 Å². The number of hydrogen-bond acceptors (Lipinski definition) is 4. The van der Waals surface area contributed by atoms with Crippen molar-refractivity contribution in [3.05, 3.63) is 112 Å². The highest BCUT2D eigenvalue weighted by atomic mass is 16.1. The van der Waals surface area contributed by atoms with Crippen molar-refractivity contribution in [2.24, 2.45) is 0 Å². The van der Waals surface area contributed by atoms with Gasteiger partial charge in [-0.25, -0.2) is 0 Å². The molecule has 5 nitrogen and oxygen atoms in total. The lowest BCUT2D eigenvalue weighted by atomic mass is 10.1. The van der Waals surface area contributed by atoms with Crippen LogP contribution < -0.4 is 10.9 Å². The van der Waals surface area contributed by atoms with E-state index in [9.17, 15) is 9.59 Å². The number of hydrogen-bond donors (Lipinski definition) is 1. The van der Waals surface area contributed by atoms with Gasteiger partial charge in [-0.2, -0.15) is 5.26 Å². The van der Waals surface area contributed by atoms with Gasteiger partial charge in [0.25, 0.3) is 5.56 Å². The summed E-state index contributed by atoms with van der Waals surface area (Å²) >= 11 is 0. The molecule has 0 amide bonds. The Hall–Kier alpha value is -3.91. The van der Waals surface area contributed by atoms with Gasteiger partial charge in [0, 0.05) is 18.7 Å². The van der Waals surface area contributed by atoms with Crippen molar-refractivity contribution in [3.63, 3.8) is 0 Å². The molecule has 2 aromatic carbocycles. The summed E-state index contributed by atoms with van der Waals surface area (Å²) in [6.45, 7) is 2.45. The van der Waals surface area contributed by atoms with Gasteiger partial charge in [-0.3, -0.25) is 9.59 Å². The summed E-state index contributed by atoms with van der Waals surface area (Å²) in [4.78, 5) is 25.1. The Labute approximate surface area is 182 Å². The normalized spacial score (nSPS) is 10.7. The Morgan fingerprint density at radius 2 is 1.74 bits per heavy atom. The van der Waals surface area contributed by atoms with Gasteiger partial charge in [-0.15, -0.1) is 0 Å². The van der Waals surface area contributed by atoms with E-state index in [1.54, 1.807) is 22.8 Å². The molecule has 156 valence electrons. The topological polar surface area (TPSA) is 74.9 Å². The highest BCUT2D eigenvalue weighted by Crippen LogP contribution is 2.07. The minimum absolute atomic E-state index is 0.0278. The maximum absolute atomic E-state index is 12.8. The molecule has 1 N–H and O–H groups in total. The zero-order chi connectivity index (χ0) is 22.1. The third-order valence-electron chi connectivity index (χ3n) is 5.00. The van der Waals surface area contributed by atoms with Crippen molar-refractivity contribution < 1.29 is 4.79 Å². The minimum atomic E-state index is -0.143. The minimum Gasteiger partial charge on any atom is -0.373 e. The molecule has 0 atom stereocenters. The summed E-state index contributed by atoms with van der Waals surface area (Å²) in [6, 6.07) is 22.7. The zero-order valence-corrected chi connectivity index (χ0v) is 17.5. The lowest BCUT2D eigenvalue weighted by molar-refractivity contribution is -0.116. The van der Waals surface area contributed by atoms with Crippen molar-refractivity contribution in [2.75, 3.05) is 11.9 Å². The molecule has 0 saturated heterocycles. The number of aryl methyl sites for hydroxylation is 1. The first kappa shape index (κ1) is 21.8. The van der Waals surface area contributed by atoms with E-state index in [4.69, 9.17) is 5.26 Å². The molecule has 0 aliphatic heterocycles. The molecule has 0 aliphatic rings. The molecule has 3 aromatic rings. The molecule has 31 heavy (non-hydrogen) atoms. The van der Waals surface area contributed by atoms with E-state index in [2.05, 4.69) is 11.4 Å². The van der Waals surface area contributed by atoms with E-state index >= 15 is 0 Å². The average molecular weight is 412 g/mol. The Kier molecular flexibility index (Phi) is 7.56. The van der Waals surface area contributed by atoms with Crippen LogP contribution in [-0.2, 0) is 24.2 Å². The maximum atomic E-state index is 12.8. The molecular weight excluding hydrogens is 386 g/mol. The van der Waals surface area contributed by atoms with Crippen molar-refractivity contribution in [1.29, 1.82) is 5.26 Å². The van der Waals surface area contributed by atoms with E-state index in [0.717, 1.165) is 23.2 Å². The van der Waals surface area contributed by atoms with Crippen LogP contribution in [0.2, 0.25) is 0 Å². The van der Waals surface area contributed by atoms with Crippen molar-refractivity contribution in [3.8, 4) is 6.07 Å². The van der Waals surface area contributed by atoms with Gasteiger partial charge >= 0.3 is 0 Å². The number of anilines is 1. The molecule has 0 saturated carbocycles. The number of Topliss-reactive ketones (excluding diaryl/α,β-unsaturated/α-hetero) is 1. The highest BCUT2D eigenvalue weighted by Gasteiger charge is 2.08. The number of allylic oxidation sites excluding steroid dienone is 2. The maximum Gasteiger partial charge on any atom is 0.274 e. The third kappa shape index (κ3) is 6.28. The highest BCUT2D eigenvalue weighted by molar-refractivity contribution is 5.84. The van der Waals surface area contributed by atoms with Crippen LogP contribution in [0.25, 0.3) is 0 Å². The van der Waals surface area contributed by atoms with Gasteiger partial charge in [-0.1, -0.05) is 54.6 Å². The van der Waals surface area contributed by atoms with Crippen molar-refractivity contribution in [1.82, 2.24) is 4.57 Å². The summed E-state index contributed by atoms with van der Waals surface area (Å²) in [5, 5.41) is 11.9. The summed E-state index contributed by atoms with van der Waals surface area (Å²) < 4.78 is 1.68. The predicted octanol–water partition coefficient (Wildman–Crippen LogP) is 4.05. The Balaban J connectivity index is 1.58. The Morgan fingerprint density at radius 1 is 1.00 bits per heavy atom. The molecule has 5 heteroatoms. The van der Waals surface area contributed by atoms with Crippen LogP contribution in [0.5, 0.6) is 0 Å². The molecule has 1 heterocycles. The molecule has 0 spiro atoms. The number of benzene rings is 2. The molecule has 0 aliphatic carbocycles. The summed E-state index contributed by atoms with van der Waals surface area (Å²) in [6.07, 6.45) is 5.03. The Bertz CT molecular complexity index is 1150. The molecule has 0 bridgehead atoms. The largest absolute Gasteiger partial charge is 0.373 e. The van der Waals surface area contributed by atoms with Gasteiger partial charge in [0.2, 0.25) is 0 Å². The fourth-order valence-corrected chi connectivity index (χ4v) is 3.23. The van der Waals surface area contributed by atoms with Crippen molar-refractivity contribution >= 4 is 11.5 Å². The van der Waals surface area contributed by atoms with Crippen LogP contribution in [0.1, 0.15) is 22.4 Å². The number of nitrogens with zero attached hydrogens (tertiary/aromatic N) is 2. The fourth-order valence-electron chi connectivity index (χ4n) is 3.23. The van der Waals surface area contributed by atoms with Crippen molar-refractivity contribution in [2.45, 2.75) is 26.3 Å². The van der Waals surface area contributed by atoms with Gasteiger partial charge in [-0.05, 0) is 48.7 Å². The first-order chi connectivity index (χ1) is 15.1. The van der Waals surface area contributed by atoms with E-state index < -0.39 is 0 Å². The molecule has 1 aromatic heterocycles. The second-order valence-corrected chi connectivity index (χ2v) is 7.34. The standard InChI is InChI=1S/C26H25N3O2/c1-20-10-15-25(28-19-24(30)17-22-8-3-2-4-9-22)26(31)29(20)16-6-5-7-21-11-13-23(18-27)14-12-21/h2-6,8-15,28H,7,16-17,19H2,1H3/b6-5+. The first-order valence-corrected chi connectivity index (χ1v) is 10.2. The van der Waals surface area contributed by atoms with Gasteiger partial charge in [0.05, 0.1) is 18.2 Å². The number of nitrogens with one attached hydrogen (secondary N) is 1. The smallest absolute Gasteiger partial charge is 0.274 e. The number of carbonyl (C=O) groups is 1. The van der Waals surface area contributed by atoms with E-state index in [0.29, 0.717) is 24.2 Å². The molecule has 0 radical (unpaired) electrons. The number of aromatic nitrogens is 1. The molecule has 3 rings (SSSR count).